The first-order chi connectivity index (χ1) is 12.9. The van der Waals surface area contributed by atoms with Gasteiger partial charge in [-0.1, -0.05) is 6.07 Å². The topological polar surface area (TPSA) is 76.2 Å². The highest BCUT2D eigenvalue weighted by Crippen LogP contribution is 2.34. The molecule has 7 nitrogen and oxygen atoms in total. The molecule has 2 heterocycles. The minimum Gasteiger partial charge on any atom is -0.467 e. The van der Waals surface area contributed by atoms with Gasteiger partial charge in [-0.25, -0.2) is 4.79 Å². The predicted molar refractivity (Wildman–Crippen MR) is 103 cm³/mol. The van der Waals surface area contributed by atoms with Gasteiger partial charge in [0.2, 0.25) is 0 Å². The van der Waals surface area contributed by atoms with Crippen LogP contribution in [0.2, 0.25) is 0 Å². The standard InChI is InChI=1S/C19H22N2O5S/c1-12-10-14(4-5-15(12)20-6-8-26-9-7-20)11-16-17(22)21(19(24)27-16)13(2)18(23)25-3/h4-5,10-11,13H,6-9H2,1-3H3/b16-11+/t13-/m0/s1. The number of hydrogen-bond acceptors (Lipinski definition) is 7. The van der Waals surface area contributed by atoms with Crippen molar-refractivity contribution in [3.8, 4) is 0 Å². The third-order valence-electron chi connectivity index (χ3n) is 4.62. The van der Waals surface area contributed by atoms with Crippen molar-refractivity contribution in [1.29, 1.82) is 0 Å². The molecule has 2 amide bonds. The molecule has 2 saturated heterocycles. The van der Waals surface area contributed by atoms with Gasteiger partial charge in [-0.15, -0.1) is 0 Å². The first kappa shape index (κ1) is 19.4. The average Bonchev–Trinajstić information content (AvgIpc) is 2.94. The van der Waals surface area contributed by atoms with Crippen LogP contribution in [0.15, 0.2) is 23.1 Å². The van der Waals surface area contributed by atoms with Crippen molar-refractivity contribution in [2.24, 2.45) is 0 Å². The molecule has 0 saturated carbocycles. The Bertz CT molecular complexity index is 801. The first-order valence-electron chi connectivity index (χ1n) is 8.70. The number of methoxy groups -OCH3 is 1. The molecule has 2 aliphatic heterocycles. The summed E-state index contributed by atoms with van der Waals surface area (Å²) < 4.78 is 10.0. The molecule has 2 aliphatic rings. The van der Waals surface area contributed by atoms with Gasteiger partial charge in [0.25, 0.3) is 11.1 Å². The van der Waals surface area contributed by atoms with Crippen LogP contribution in [-0.2, 0) is 19.1 Å². The van der Waals surface area contributed by atoms with E-state index in [1.54, 1.807) is 6.08 Å². The van der Waals surface area contributed by atoms with Gasteiger partial charge < -0.3 is 14.4 Å². The molecule has 1 aromatic rings. The van der Waals surface area contributed by atoms with E-state index >= 15 is 0 Å². The molecule has 0 aliphatic carbocycles. The monoisotopic (exact) mass is 390 g/mol. The van der Waals surface area contributed by atoms with Crippen LogP contribution in [0, 0.1) is 6.92 Å². The van der Waals surface area contributed by atoms with E-state index < -0.39 is 23.2 Å². The molecule has 8 heteroatoms. The summed E-state index contributed by atoms with van der Waals surface area (Å²) in [6.07, 6.45) is 1.69. The van der Waals surface area contributed by atoms with Gasteiger partial charge in [0, 0.05) is 18.8 Å². The summed E-state index contributed by atoms with van der Waals surface area (Å²) in [4.78, 5) is 39.9. The zero-order chi connectivity index (χ0) is 19.6. The molecule has 0 spiro atoms. The van der Waals surface area contributed by atoms with Gasteiger partial charge in [-0.2, -0.15) is 0 Å². The number of carbonyl (C=O) groups is 3. The fourth-order valence-corrected chi connectivity index (χ4v) is 4.08. The maximum atomic E-state index is 12.6. The number of carbonyl (C=O) groups excluding carboxylic acids is 3. The van der Waals surface area contributed by atoms with Crippen molar-refractivity contribution >= 4 is 40.6 Å². The van der Waals surface area contributed by atoms with E-state index in [9.17, 15) is 14.4 Å². The van der Waals surface area contributed by atoms with Crippen molar-refractivity contribution in [3.05, 3.63) is 34.2 Å². The van der Waals surface area contributed by atoms with Gasteiger partial charge in [0.15, 0.2) is 0 Å². The number of aryl methyl sites for hydroxylation is 1. The van der Waals surface area contributed by atoms with Crippen molar-refractivity contribution in [2.75, 3.05) is 38.3 Å². The van der Waals surface area contributed by atoms with E-state index in [4.69, 9.17) is 4.74 Å². The Morgan fingerprint density at radius 2 is 2.00 bits per heavy atom. The fraction of sp³-hybridized carbons (Fsp3) is 0.421. The molecule has 0 unspecified atom stereocenters. The highest BCUT2D eigenvalue weighted by Gasteiger charge is 2.41. The van der Waals surface area contributed by atoms with Crippen molar-refractivity contribution < 1.29 is 23.9 Å². The van der Waals surface area contributed by atoms with Crippen molar-refractivity contribution in [1.82, 2.24) is 4.90 Å². The van der Waals surface area contributed by atoms with E-state index in [2.05, 4.69) is 9.64 Å². The number of ether oxygens (including phenoxy) is 2. The summed E-state index contributed by atoms with van der Waals surface area (Å²) in [5.41, 5.74) is 3.07. The Labute approximate surface area is 162 Å². The first-order valence-corrected chi connectivity index (χ1v) is 9.52. The largest absolute Gasteiger partial charge is 0.467 e. The van der Waals surface area contributed by atoms with Crippen LogP contribution in [0.3, 0.4) is 0 Å². The molecule has 1 aromatic carbocycles. The number of benzene rings is 1. The molecule has 2 fully saturated rings. The maximum Gasteiger partial charge on any atom is 0.328 e. The second-order valence-corrected chi connectivity index (χ2v) is 7.39. The number of amides is 2. The summed E-state index contributed by atoms with van der Waals surface area (Å²) in [5, 5.41) is -0.467. The second-order valence-electron chi connectivity index (χ2n) is 6.40. The third-order valence-corrected chi connectivity index (χ3v) is 5.51. The highest BCUT2D eigenvalue weighted by molar-refractivity contribution is 8.18. The quantitative estimate of drug-likeness (QED) is 0.577. The fourth-order valence-electron chi connectivity index (χ4n) is 3.17. The van der Waals surface area contributed by atoms with E-state index in [1.807, 2.05) is 25.1 Å². The molecular formula is C19H22N2O5S. The maximum absolute atomic E-state index is 12.6. The Kier molecular flexibility index (Phi) is 5.86. The van der Waals surface area contributed by atoms with Crippen LogP contribution >= 0.6 is 11.8 Å². The number of rotatable bonds is 4. The number of anilines is 1. The molecule has 3 rings (SSSR count). The minimum atomic E-state index is -0.946. The highest BCUT2D eigenvalue weighted by atomic mass is 32.2. The lowest BCUT2D eigenvalue weighted by Gasteiger charge is -2.30. The van der Waals surface area contributed by atoms with Crippen LogP contribution in [0.5, 0.6) is 0 Å². The van der Waals surface area contributed by atoms with Gasteiger partial charge in [0.1, 0.15) is 6.04 Å². The molecule has 27 heavy (non-hydrogen) atoms. The second kappa shape index (κ2) is 8.14. The Morgan fingerprint density at radius 1 is 1.30 bits per heavy atom. The molecule has 0 N–H and O–H groups in total. The van der Waals surface area contributed by atoms with Crippen LogP contribution in [-0.4, -0.2) is 61.5 Å². The van der Waals surface area contributed by atoms with Gasteiger partial charge >= 0.3 is 5.97 Å². The smallest absolute Gasteiger partial charge is 0.328 e. The lowest BCUT2D eigenvalue weighted by atomic mass is 10.1. The Morgan fingerprint density at radius 3 is 2.63 bits per heavy atom. The third kappa shape index (κ3) is 4.01. The zero-order valence-corrected chi connectivity index (χ0v) is 16.4. The SMILES string of the molecule is COC(=O)[C@H](C)N1C(=O)S/C(=C/c2ccc(N3CCOCC3)c(C)c2)C1=O. The lowest BCUT2D eigenvalue weighted by molar-refractivity contribution is -0.148. The van der Waals surface area contributed by atoms with Crippen LogP contribution in [0.1, 0.15) is 18.1 Å². The summed E-state index contributed by atoms with van der Waals surface area (Å²) >= 11 is 0.835. The zero-order valence-electron chi connectivity index (χ0n) is 15.6. The lowest BCUT2D eigenvalue weighted by Crippen LogP contribution is -2.42. The van der Waals surface area contributed by atoms with Crippen LogP contribution in [0.4, 0.5) is 10.5 Å². The molecule has 0 aromatic heterocycles. The summed E-state index contributed by atoms with van der Waals surface area (Å²) in [5.74, 6) is -1.10. The summed E-state index contributed by atoms with van der Waals surface area (Å²) in [6, 6.07) is 4.99. The average molecular weight is 390 g/mol. The van der Waals surface area contributed by atoms with Crippen LogP contribution in [0.25, 0.3) is 6.08 Å². The molecular weight excluding hydrogens is 368 g/mol. The molecule has 0 bridgehead atoms. The normalized spacial score (nSPS) is 20.3. The molecule has 1 atom stereocenters. The van der Waals surface area contributed by atoms with E-state index in [1.165, 1.54) is 14.0 Å². The van der Waals surface area contributed by atoms with Gasteiger partial charge in [-0.3, -0.25) is 14.5 Å². The number of imide groups is 1. The predicted octanol–water partition coefficient (Wildman–Crippen LogP) is 2.43. The van der Waals surface area contributed by atoms with E-state index in [0.717, 1.165) is 46.6 Å². The van der Waals surface area contributed by atoms with E-state index in [0.29, 0.717) is 18.1 Å². The number of esters is 1. The number of hydrogen-bond donors (Lipinski definition) is 0. The number of nitrogens with zero attached hydrogens (tertiary/aromatic N) is 2. The molecule has 144 valence electrons. The van der Waals surface area contributed by atoms with Gasteiger partial charge in [-0.05, 0) is 54.9 Å². The Balaban J connectivity index is 1.80. The van der Waals surface area contributed by atoms with Crippen molar-refractivity contribution in [2.45, 2.75) is 19.9 Å². The number of thioether (sulfide) groups is 1. The Hall–Kier alpha value is -2.32. The van der Waals surface area contributed by atoms with Crippen molar-refractivity contribution in [3.63, 3.8) is 0 Å². The molecule has 0 radical (unpaired) electrons. The summed E-state index contributed by atoms with van der Waals surface area (Å²) in [6.45, 7) is 6.63. The van der Waals surface area contributed by atoms with Crippen LogP contribution < -0.4 is 4.90 Å². The van der Waals surface area contributed by atoms with E-state index in [-0.39, 0.29) is 0 Å². The van der Waals surface area contributed by atoms with Gasteiger partial charge in [0.05, 0.1) is 25.2 Å². The number of morpholine rings is 1. The minimum absolute atomic E-state index is 0.300. The summed E-state index contributed by atoms with van der Waals surface area (Å²) in [7, 11) is 1.23.